The topological polar surface area (TPSA) is 37.4 Å². The summed E-state index contributed by atoms with van der Waals surface area (Å²) in [6.45, 7) is 4.76. The Morgan fingerprint density at radius 2 is 1.65 bits per heavy atom. The molecule has 0 aromatic heterocycles. The van der Waals surface area contributed by atoms with E-state index in [2.05, 4.69) is 4.90 Å². The van der Waals surface area contributed by atoms with Gasteiger partial charge in [-0.15, -0.1) is 0 Å². The molecular formula is C17H23NO2. The van der Waals surface area contributed by atoms with Crippen LogP contribution < -0.4 is 0 Å². The van der Waals surface area contributed by atoms with Gasteiger partial charge in [-0.3, -0.25) is 9.59 Å². The van der Waals surface area contributed by atoms with Crippen molar-refractivity contribution in [3.05, 3.63) is 24.3 Å². The van der Waals surface area contributed by atoms with Crippen LogP contribution >= 0.6 is 0 Å². The number of amides is 1. The van der Waals surface area contributed by atoms with Gasteiger partial charge in [-0.25, -0.2) is 0 Å². The number of hydrogen-bond donors (Lipinski definition) is 0. The minimum Gasteiger partial charge on any atom is -0.338 e. The van der Waals surface area contributed by atoms with Gasteiger partial charge in [0, 0.05) is 18.0 Å². The highest BCUT2D eigenvalue weighted by atomic mass is 16.2. The van der Waals surface area contributed by atoms with E-state index in [1.54, 1.807) is 12.2 Å². The molecule has 0 aromatic rings. The average Bonchev–Trinajstić information content (AvgIpc) is 2.65. The van der Waals surface area contributed by atoms with Crippen molar-refractivity contribution in [2.75, 3.05) is 6.54 Å². The predicted octanol–water partition coefficient (Wildman–Crippen LogP) is 2.87. The van der Waals surface area contributed by atoms with Crippen molar-refractivity contribution in [2.45, 2.75) is 52.0 Å². The Bertz CT molecular complexity index is 479. The van der Waals surface area contributed by atoms with Crippen molar-refractivity contribution in [1.29, 1.82) is 0 Å². The molecule has 3 nitrogen and oxygen atoms in total. The third-order valence-electron chi connectivity index (χ3n) is 5.50. The molecule has 1 saturated heterocycles. The zero-order valence-electron chi connectivity index (χ0n) is 12.4. The summed E-state index contributed by atoms with van der Waals surface area (Å²) in [6, 6.07) is 0.398. The zero-order chi connectivity index (χ0) is 14.4. The van der Waals surface area contributed by atoms with Crippen molar-refractivity contribution in [1.82, 2.24) is 4.90 Å². The maximum Gasteiger partial charge on any atom is 0.229 e. The van der Waals surface area contributed by atoms with E-state index in [4.69, 9.17) is 0 Å². The van der Waals surface area contributed by atoms with Gasteiger partial charge in [0.1, 0.15) is 0 Å². The third-order valence-corrected chi connectivity index (χ3v) is 5.50. The Labute approximate surface area is 120 Å². The monoisotopic (exact) mass is 273 g/mol. The predicted molar refractivity (Wildman–Crippen MR) is 78.1 cm³/mol. The van der Waals surface area contributed by atoms with E-state index in [1.807, 2.05) is 26.0 Å². The fraction of sp³-hybridized carbons (Fsp3) is 0.647. The first-order chi connectivity index (χ1) is 9.46. The molecule has 1 aliphatic heterocycles. The summed E-state index contributed by atoms with van der Waals surface area (Å²) in [5.41, 5.74) is -0.770. The number of nitrogens with zero attached hydrogens (tertiary/aromatic N) is 1. The SMILES string of the molecule is CC1(C)C(=O)N(C2CCCCC2)CC12C=CC(=O)C=C2. The van der Waals surface area contributed by atoms with Crippen molar-refractivity contribution in [3.63, 3.8) is 0 Å². The molecule has 2 fully saturated rings. The van der Waals surface area contributed by atoms with Crippen LogP contribution in [0.25, 0.3) is 0 Å². The van der Waals surface area contributed by atoms with Crippen LogP contribution in [0.15, 0.2) is 24.3 Å². The van der Waals surface area contributed by atoms with Crippen LogP contribution in [0.5, 0.6) is 0 Å². The lowest BCUT2D eigenvalue weighted by molar-refractivity contribution is -0.137. The molecule has 0 bridgehead atoms. The van der Waals surface area contributed by atoms with E-state index in [1.165, 1.54) is 19.3 Å². The number of carbonyl (C=O) groups excluding carboxylic acids is 2. The fourth-order valence-corrected chi connectivity index (χ4v) is 3.89. The third kappa shape index (κ3) is 1.87. The van der Waals surface area contributed by atoms with Crippen molar-refractivity contribution in [3.8, 4) is 0 Å². The minimum atomic E-state index is -0.460. The van der Waals surface area contributed by atoms with Crippen LogP contribution in [0, 0.1) is 10.8 Å². The van der Waals surface area contributed by atoms with E-state index in [-0.39, 0.29) is 17.1 Å². The molecule has 0 atom stereocenters. The van der Waals surface area contributed by atoms with Gasteiger partial charge in [-0.2, -0.15) is 0 Å². The molecule has 0 unspecified atom stereocenters. The highest BCUT2D eigenvalue weighted by molar-refractivity contribution is 6.01. The Hall–Kier alpha value is -1.38. The molecule has 1 saturated carbocycles. The summed E-state index contributed by atoms with van der Waals surface area (Å²) in [6.07, 6.45) is 13.2. The van der Waals surface area contributed by atoms with Crippen molar-refractivity contribution < 1.29 is 9.59 Å². The van der Waals surface area contributed by atoms with E-state index in [0.29, 0.717) is 6.04 Å². The van der Waals surface area contributed by atoms with Crippen LogP contribution in [0.4, 0.5) is 0 Å². The van der Waals surface area contributed by atoms with E-state index >= 15 is 0 Å². The lowest BCUT2D eigenvalue weighted by Gasteiger charge is -2.34. The second kappa shape index (κ2) is 4.57. The van der Waals surface area contributed by atoms with Gasteiger partial charge in [0.05, 0.1) is 5.41 Å². The quantitative estimate of drug-likeness (QED) is 0.736. The second-order valence-electron chi connectivity index (χ2n) is 6.96. The number of ketones is 1. The molecule has 1 heterocycles. The molecule has 1 spiro atoms. The summed E-state index contributed by atoms with van der Waals surface area (Å²) < 4.78 is 0. The normalized spacial score (nSPS) is 28.6. The molecule has 3 aliphatic rings. The summed E-state index contributed by atoms with van der Waals surface area (Å²) in [5, 5.41) is 0. The number of rotatable bonds is 1. The van der Waals surface area contributed by atoms with Crippen LogP contribution in [-0.2, 0) is 9.59 Å². The Balaban J connectivity index is 1.91. The van der Waals surface area contributed by atoms with Gasteiger partial charge < -0.3 is 4.90 Å². The molecule has 2 aliphatic carbocycles. The van der Waals surface area contributed by atoms with Gasteiger partial charge in [-0.05, 0) is 38.8 Å². The standard InChI is InChI=1S/C17H23NO2/c1-16(2)15(20)18(13-6-4-3-5-7-13)12-17(16)10-8-14(19)9-11-17/h8-11,13H,3-7,12H2,1-2H3. The van der Waals surface area contributed by atoms with Gasteiger partial charge in [0.15, 0.2) is 5.78 Å². The summed E-state index contributed by atoms with van der Waals surface area (Å²) in [5.74, 6) is 0.267. The molecular weight excluding hydrogens is 250 g/mol. The number of carbonyl (C=O) groups is 2. The first kappa shape index (κ1) is 13.6. The van der Waals surface area contributed by atoms with Gasteiger partial charge in [-0.1, -0.05) is 31.4 Å². The fourth-order valence-electron chi connectivity index (χ4n) is 3.89. The van der Waals surface area contributed by atoms with Crippen LogP contribution in [0.3, 0.4) is 0 Å². The van der Waals surface area contributed by atoms with Crippen molar-refractivity contribution in [2.24, 2.45) is 10.8 Å². The van der Waals surface area contributed by atoms with Gasteiger partial charge >= 0.3 is 0 Å². The Morgan fingerprint density at radius 3 is 2.25 bits per heavy atom. The smallest absolute Gasteiger partial charge is 0.229 e. The average molecular weight is 273 g/mol. The molecule has 20 heavy (non-hydrogen) atoms. The Morgan fingerprint density at radius 1 is 1.05 bits per heavy atom. The molecule has 0 radical (unpaired) electrons. The van der Waals surface area contributed by atoms with Gasteiger partial charge in [0.2, 0.25) is 5.91 Å². The molecule has 0 aromatic carbocycles. The van der Waals surface area contributed by atoms with E-state index < -0.39 is 5.41 Å². The summed E-state index contributed by atoms with van der Waals surface area (Å²) in [7, 11) is 0. The van der Waals surface area contributed by atoms with Gasteiger partial charge in [0.25, 0.3) is 0 Å². The van der Waals surface area contributed by atoms with Crippen LogP contribution in [-0.4, -0.2) is 29.2 Å². The zero-order valence-corrected chi connectivity index (χ0v) is 12.4. The lowest BCUT2D eigenvalue weighted by atomic mass is 9.66. The van der Waals surface area contributed by atoms with E-state index in [0.717, 1.165) is 19.4 Å². The van der Waals surface area contributed by atoms with Crippen LogP contribution in [0.1, 0.15) is 46.0 Å². The highest BCUT2D eigenvalue weighted by Crippen LogP contribution is 2.51. The molecule has 1 amide bonds. The Kier molecular flexibility index (Phi) is 3.11. The molecule has 0 N–H and O–H groups in total. The van der Waals surface area contributed by atoms with Crippen molar-refractivity contribution >= 4 is 11.7 Å². The number of allylic oxidation sites excluding steroid dienone is 2. The molecule has 3 rings (SSSR count). The maximum absolute atomic E-state index is 12.9. The largest absolute Gasteiger partial charge is 0.338 e. The number of likely N-dealkylation sites (tertiary alicyclic amines) is 1. The first-order valence-corrected chi connectivity index (χ1v) is 7.70. The summed E-state index contributed by atoms with van der Waals surface area (Å²) >= 11 is 0. The lowest BCUT2D eigenvalue weighted by Crippen LogP contribution is -2.40. The minimum absolute atomic E-state index is 0.0231. The summed E-state index contributed by atoms with van der Waals surface area (Å²) in [4.78, 5) is 26.3. The first-order valence-electron chi connectivity index (χ1n) is 7.70. The number of hydrogen-bond acceptors (Lipinski definition) is 2. The molecule has 108 valence electrons. The van der Waals surface area contributed by atoms with E-state index in [9.17, 15) is 9.59 Å². The second-order valence-corrected chi connectivity index (χ2v) is 6.96. The van der Waals surface area contributed by atoms with Crippen LogP contribution in [0.2, 0.25) is 0 Å². The highest BCUT2D eigenvalue weighted by Gasteiger charge is 2.57. The maximum atomic E-state index is 12.9. The molecule has 3 heteroatoms.